The average Bonchev–Trinajstić information content (AvgIpc) is 2.47. The summed E-state index contributed by atoms with van der Waals surface area (Å²) in [7, 11) is 0. The number of rotatable bonds is 6. The molecule has 0 fully saturated rings. The fraction of sp³-hybridized carbons (Fsp3) is 0.278. The number of hydrogen-bond acceptors (Lipinski definition) is 1. The molecule has 0 bridgehead atoms. The Kier molecular flexibility index (Phi) is 5.86. The van der Waals surface area contributed by atoms with Crippen molar-refractivity contribution in [3.05, 3.63) is 71.8 Å². The Morgan fingerprint density at radius 3 is 1.52 bits per heavy atom. The summed E-state index contributed by atoms with van der Waals surface area (Å²) in [5.41, 5.74) is 2.74. The van der Waals surface area contributed by atoms with Crippen LogP contribution in [0.5, 0.6) is 0 Å². The van der Waals surface area contributed by atoms with Gasteiger partial charge in [-0.05, 0) is 0 Å². The third-order valence-electron chi connectivity index (χ3n) is 3.36. The van der Waals surface area contributed by atoms with Crippen LogP contribution in [0, 0.1) is 0 Å². The van der Waals surface area contributed by atoms with Gasteiger partial charge in [-0.15, -0.1) is 0 Å². The fourth-order valence-electron chi connectivity index (χ4n) is 2.28. The summed E-state index contributed by atoms with van der Waals surface area (Å²) < 4.78 is 1.49. The number of benzene rings is 2. The van der Waals surface area contributed by atoms with Crippen molar-refractivity contribution < 1.29 is 0 Å². The van der Waals surface area contributed by atoms with Crippen LogP contribution in [0.1, 0.15) is 11.1 Å². The van der Waals surface area contributed by atoms with Crippen LogP contribution in [-0.2, 0) is 13.1 Å². The summed E-state index contributed by atoms with van der Waals surface area (Å²) in [6.45, 7) is 1.95. The van der Waals surface area contributed by atoms with Crippen molar-refractivity contribution in [3.8, 4) is 0 Å². The standard InChI is InChI=1S/C18H23GeNSe/c1-19(2,3)18(21)20(14-16-10-6-4-7-11-16)15-17-12-8-5-9-13-17/h4-13H,14-15H2,1-3H3. The van der Waals surface area contributed by atoms with Crippen LogP contribution in [-0.4, -0.2) is 37.1 Å². The first-order valence-electron chi connectivity index (χ1n) is 7.34. The van der Waals surface area contributed by atoms with Crippen molar-refractivity contribution in [2.75, 3.05) is 0 Å². The van der Waals surface area contributed by atoms with Crippen LogP contribution in [0.15, 0.2) is 60.7 Å². The summed E-state index contributed by atoms with van der Waals surface area (Å²) in [6.07, 6.45) is 0. The summed E-state index contributed by atoms with van der Waals surface area (Å²) in [5, 5.41) is 0. The molecular formula is C18H23GeNSe. The zero-order valence-electron chi connectivity index (χ0n) is 13.0. The second-order valence-electron chi connectivity index (χ2n) is 6.38. The van der Waals surface area contributed by atoms with Crippen LogP contribution >= 0.6 is 0 Å². The van der Waals surface area contributed by atoms with E-state index in [4.69, 9.17) is 0 Å². The predicted molar refractivity (Wildman–Crippen MR) is 96.2 cm³/mol. The van der Waals surface area contributed by atoms with E-state index < -0.39 is 13.3 Å². The normalized spacial score (nSPS) is 11.2. The molecule has 2 rings (SSSR count). The minimum atomic E-state index is -1.86. The Hall–Kier alpha value is -0.828. The van der Waals surface area contributed by atoms with Gasteiger partial charge in [-0.3, -0.25) is 0 Å². The molecule has 3 heteroatoms. The van der Waals surface area contributed by atoms with E-state index in [1.54, 1.807) is 0 Å². The molecule has 0 saturated carbocycles. The molecule has 0 N–H and O–H groups in total. The van der Waals surface area contributed by atoms with Gasteiger partial charge in [0.1, 0.15) is 0 Å². The van der Waals surface area contributed by atoms with Gasteiger partial charge < -0.3 is 0 Å². The van der Waals surface area contributed by atoms with Gasteiger partial charge in [0, 0.05) is 0 Å². The van der Waals surface area contributed by atoms with Crippen LogP contribution in [0.25, 0.3) is 0 Å². The average molecular weight is 405 g/mol. The van der Waals surface area contributed by atoms with E-state index in [1.165, 1.54) is 14.5 Å². The molecule has 0 heterocycles. The van der Waals surface area contributed by atoms with E-state index >= 15 is 0 Å². The summed E-state index contributed by atoms with van der Waals surface area (Å²) in [4.78, 5) is 2.52. The Bertz CT molecular complexity index is 534. The first-order chi connectivity index (χ1) is 9.97. The molecule has 21 heavy (non-hydrogen) atoms. The molecule has 0 saturated heterocycles. The Labute approximate surface area is 139 Å². The van der Waals surface area contributed by atoms with Gasteiger partial charge in [0.2, 0.25) is 0 Å². The number of nitrogens with zero attached hydrogens (tertiary/aromatic N) is 1. The maximum absolute atomic E-state index is 3.38. The summed E-state index contributed by atoms with van der Waals surface area (Å²) in [5.74, 6) is 7.32. The maximum atomic E-state index is 3.38. The first kappa shape index (κ1) is 16.5. The molecule has 0 radical (unpaired) electrons. The van der Waals surface area contributed by atoms with Crippen molar-refractivity contribution in [2.24, 2.45) is 0 Å². The molecule has 0 aliphatic carbocycles. The third kappa shape index (κ3) is 5.14. The Balaban J connectivity index is 2.20. The van der Waals surface area contributed by atoms with E-state index in [2.05, 4.69) is 98.4 Å². The van der Waals surface area contributed by atoms with E-state index in [0.717, 1.165) is 13.1 Å². The van der Waals surface area contributed by atoms with Crippen molar-refractivity contribution >= 4 is 32.2 Å². The molecule has 0 aliphatic rings. The van der Waals surface area contributed by atoms with Gasteiger partial charge in [0.25, 0.3) is 0 Å². The van der Waals surface area contributed by atoms with Crippen molar-refractivity contribution in [2.45, 2.75) is 30.4 Å². The monoisotopic (exact) mass is 407 g/mol. The van der Waals surface area contributed by atoms with E-state index in [9.17, 15) is 0 Å². The minimum absolute atomic E-state index is 0.973. The van der Waals surface area contributed by atoms with Crippen LogP contribution < -0.4 is 0 Å². The van der Waals surface area contributed by atoms with Crippen molar-refractivity contribution in [3.63, 3.8) is 0 Å². The number of hydrogen-bond donors (Lipinski definition) is 0. The quantitative estimate of drug-likeness (QED) is 0.661. The van der Waals surface area contributed by atoms with Gasteiger partial charge in [-0.1, -0.05) is 0 Å². The summed E-state index contributed by atoms with van der Waals surface area (Å²) >= 11 is 1.52. The molecule has 0 amide bonds. The SMILES string of the molecule is [CH3][Ge]([CH3])([CH3])[C](=[Se])N(Cc1ccccc1)Cc1ccccc1. The van der Waals surface area contributed by atoms with Gasteiger partial charge in [-0.2, -0.15) is 0 Å². The van der Waals surface area contributed by atoms with Crippen LogP contribution in [0.4, 0.5) is 0 Å². The molecule has 0 atom stereocenters. The van der Waals surface area contributed by atoms with Crippen molar-refractivity contribution in [1.82, 2.24) is 4.90 Å². The predicted octanol–water partition coefficient (Wildman–Crippen LogP) is 3.86. The fourth-order valence-corrected chi connectivity index (χ4v) is 4.87. The molecule has 1 nitrogen and oxygen atoms in total. The van der Waals surface area contributed by atoms with Crippen molar-refractivity contribution in [1.29, 1.82) is 0 Å². The molecule has 2 aromatic rings. The molecule has 0 aromatic heterocycles. The van der Waals surface area contributed by atoms with Crippen LogP contribution in [0.2, 0.25) is 17.3 Å². The topological polar surface area (TPSA) is 3.24 Å². The molecule has 2 aromatic carbocycles. The second kappa shape index (κ2) is 7.44. The molecule has 0 spiro atoms. The summed E-state index contributed by atoms with van der Waals surface area (Å²) in [6, 6.07) is 21.5. The zero-order valence-corrected chi connectivity index (χ0v) is 16.9. The van der Waals surface area contributed by atoms with E-state index in [1.807, 2.05) is 0 Å². The zero-order chi connectivity index (χ0) is 15.3. The molecule has 0 unspecified atom stereocenters. The molecular weight excluding hydrogens is 382 g/mol. The first-order valence-corrected chi connectivity index (χ1v) is 15.5. The van der Waals surface area contributed by atoms with Crippen LogP contribution in [0.3, 0.4) is 0 Å². The molecule has 110 valence electrons. The second-order valence-corrected chi connectivity index (χ2v) is 19.3. The van der Waals surface area contributed by atoms with Gasteiger partial charge in [-0.25, -0.2) is 0 Å². The van der Waals surface area contributed by atoms with Gasteiger partial charge in [0.15, 0.2) is 0 Å². The van der Waals surface area contributed by atoms with E-state index in [-0.39, 0.29) is 0 Å². The van der Waals surface area contributed by atoms with E-state index in [0.29, 0.717) is 0 Å². The van der Waals surface area contributed by atoms with Gasteiger partial charge >= 0.3 is 139 Å². The Morgan fingerprint density at radius 1 is 0.810 bits per heavy atom. The Morgan fingerprint density at radius 2 is 1.19 bits per heavy atom. The molecule has 0 aliphatic heterocycles. The van der Waals surface area contributed by atoms with Gasteiger partial charge in [0.05, 0.1) is 0 Å². The third-order valence-corrected chi connectivity index (χ3v) is 13.9.